The van der Waals surface area contributed by atoms with Gasteiger partial charge < -0.3 is 19.4 Å². The highest BCUT2D eigenvalue weighted by molar-refractivity contribution is 9.10. The van der Waals surface area contributed by atoms with E-state index in [4.69, 9.17) is 14.4 Å². The number of aromatic amines is 1. The number of carboxylic acids is 1. The van der Waals surface area contributed by atoms with Crippen LogP contribution < -0.4 is 4.65 Å². The van der Waals surface area contributed by atoms with Crippen molar-refractivity contribution in [2.75, 3.05) is 7.11 Å². The molecule has 2 rings (SSSR count). The molecule has 0 bridgehead atoms. The Morgan fingerprint density at radius 3 is 2.94 bits per heavy atom. The molecule has 0 radical (unpaired) electrons. The Morgan fingerprint density at radius 1 is 1.53 bits per heavy atom. The average Bonchev–Trinajstić information content (AvgIpc) is 2.66. The van der Waals surface area contributed by atoms with Crippen molar-refractivity contribution in [2.45, 2.75) is 0 Å². The summed E-state index contributed by atoms with van der Waals surface area (Å²) < 4.78 is 10.9. The minimum atomic E-state index is -1.07. The molecule has 0 aliphatic heterocycles. The van der Waals surface area contributed by atoms with Crippen LogP contribution in [0.3, 0.4) is 0 Å². The quantitative estimate of drug-likeness (QED) is 0.846. The second kappa shape index (κ2) is 4.81. The molecule has 2 N–H and O–H groups in total. The van der Waals surface area contributed by atoms with Crippen molar-refractivity contribution >= 4 is 40.5 Å². The SMILES string of the molecule is COBOc1c(C(=O)O)[nH]c2cccc(Br)c12. The van der Waals surface area contributed by atoms with Gasteiger partial charge in [0.25, 0.3) is 0 Å². The van der Waals surface area contributed by atoms with Gasteiger partial charge in [0, 0.05) is 11.6 Å². The number of aromatic carboxylic acids is 1. The summed E-state index contributed by atoms with van der Waals surface area (Å²) in [6, 6.07) is 5.42. The predicted octanol–water partition coefficient (Wildman–Crippen LogP) is 1.92. The molecular formula is C10H9BBrNO4. The third kappa shape index (κ3) is 2.16. The van der Waals surface area contributed by atoms with E-state index in [1.165, 1.54) is 7.11 Å². The van der Waals surface area contributed by atoms with Crippen molar-refractivity contribution in [1.29, 1.82) is 0 Å². The molecule has 0 aliphatic carbocycles. The summed E-state index contributed by atoms with van der Waals surface area (Å²) in [5, 5.41) is 9.79. The lowest BCUT2D eigenvalue weighted by atomic mass is 10.2. The third-order valence-corrected chi connectivity index (χ3v) is 2.92. The second-order valence-electron chi connectivity index (χ2n) is 3.35. The summed E-state index contributed by atoms with van der Waals surface area (Å²) >= 11 is 3.37. The van der Waals surface area contributed by atoms with E-state index in [2.05, 4.69) is 20.9 Å². The highest BCUT2D eigenvalue weighted by Crippen LogP contribution is 2.35. The number of hydrogen-bond acceptors (Lipinski definition) is 3. The van der Waals surface area contributed by atoms with Crippen molar-refractivity contribution in [1.82, 2.24) is 4.98 Å². The fraction of sp³-hybridized carbons (Fsp3) is 0.100. The Labute approximate surface area is 106 Å². The Balaban J connectivity index is 2.64. The molecule has 0 spiro atoms. The van der Waals surface area contributed by atoms with Crippen LogP contribution in [-0.4, -0.2) is 30.9 Å². The molecule has 0 saturated carbocycles. The summed E-state index contributed by atoms with van der Waals surface area (Å²) in [5.41, 5.74) is 0.715. The molecule has 0 fully saturated rings. The van der Waals surface area contributed by atoms with Crippen LogP contribution in [0, 0.1) is 0 Å². The van der Waals surface area contributed by atoms with Gasteiger partial charge in [-0.3, -0.25) is 0 Å². The van der Waals surface area contributed by atoms with Gasteiger partial charge >= 0.3 is 13.7 Å². The number of H-pyrrole nitrogens is 1. The largest absolute Gasteiger partial charge is 0.537 e. The van der Waals surface area contributed by atoms with Crippen LogP contribution in [0.15, 0.2) is 22.7 Å². The zero-order valence-corrected chi connectivity index (χ0v) is 10.6. The van der Waals surface area contributed by atoms with E-state index in [-0.39, 0.29) is 19.1 Å². The van der Waals surface area contributed by atoms with E-state index in [0.29, 0.717) is 10.9 Å². The number of hydrogen-bond donors (Lipinski definition) is 2. The molecule has 0 saturated heterocycles. The summed E-state index contributed by atoms with van der Waals surface area (Å²) in [6.07, 6.45) is 0. The van der Waals surface area contributed by atoms with Crippen LogP contribution in [0.5, 0.6) is 5.75 Å². The third-order valence-electron chi connectivity index (χ3n) is 2.26. The normalized spacial score (nSPS) is 10.5. The molecule has 17 heavy (non-hydrogen) atoms. The molecule has 5 nitrogen and oxygen atoms in total. The fourth-order valence-electron chi connectivity index (χ4n) is 1.59. The van der Waals surface area contributed by atoms with Gasteiger partial charge in [0.1, 0.15) is 5.75 Å². The molecule has 2 aromatic rings. The first-order valence-corrected chi connectivity index (χ1v) is 5.59. The van der Waals surface area contributed by atoms with Gasteiger partial charge in [-0.25, -0.2) is 4.79 Å². The molecule has 0 unspecified atom stereocenters. The minimum Gasteiger partial charge on any atom is -0.537 e. The maximum absolute atomic E-state index is 11.1. The number of nitrogens with one attached hydrogen (secondary N) is 1. The van der Waals surface area contributed by atoms with E-state index in [1.54, 1.807) is 6.07 Å². The smallest absolute Gasteiger partial charge is 0.506 e. The van der Waals surface area contributed by atoms with Crippen molar-refractivity contribution in [3.63, 3.8) is 0 Å². The number of carboxylic acid groups (broad SMARTS) is 1. The number of halogens is 1. The number of fused-ring (bicyclic) bond motifs is 1. The summed E-state index contributed by atoms with van der Waals surface area (Å²) in [6.45, 7) is 0. The first-order chi connectivity index (χ1) is 8.15. The molecule has 1 heterocycles. The Hall–Kier alpha value is -1.47. The Morgan fingerprint density at radius 2 is 2.29 bits per heavy atom. The van der Waals surface area contributed by atoms with Gasteiger partial charge in [0.05, 0.1) is 10.9 Å². The predicted molar refractivity (Wildman–Crippen MR) is 67.7 cm³/mol. The zero-order valence-electron chi connectivity index (χ0n) is 8.99. The number of aromatic nitrogens is 1. The lowest BCUT2D eigenvalue weighted by molar-refractivity contribution is 0.0689. The Bertz CT molecular complexity index is 569. The molecule has 0 aliphatic rings. The van der Waals surface area contributed by atoms with E-state index >= 15 is 0 Å². The number of benzene rings is 1. The van der Waals surface area contributed by atoms with E-state index < -0.39 is 5.97 Å². The topological polar surface area (TPSA) is 71.6 Å². The molecule has 7 heteroatoms. The molecule has 0 atom stereocenters. The van der Waals surface area contributed by atoms with Crippen molar-refractivity contribution < 1.29 is 19.2 Å². The van der Waals surface area contributed by atoms with Crippen LogP contribution in [0.4, 0.5) is 0 Å². The van der Waals surface area contributed by atoms with Crippen molar-refractivity contribution in [2.24, 2.45) is 0 Å². The summed E-state index contributed by atoms with van der Waals surface area (Å²) in [4.78, 5) is 13.9. The number of carbonyl (C=O) groups is 1. The van der Waals surface area contributed by atoms with Crippen molar-refractivity contribution in [3.05, 3.63) is 28.4 Å². The maximum Gasteiger partial charge on any atom is 0.506 e. The molecule has 1 aromatic carbocycles. The van der Waals surface area contributed by atoms with Crippen LogP contribution in [0.2, 0.25) is 0 Å². The fourth-order valence-corrected chi connectivity index (χ4v) is 2.13. The van der Waals surface area contributed by atoms with Crippen LogP contribution in [0.1, 0.15) is 10.5 Å². The molecule has 0 amide bonds. The van der Waals surface area contributed by atoms with E-state index in [9.17, 15) is 4.79 Å². The second-order valence-corrected chi connectivity index (χ2v) is 4.20. The van der Waals surface area contributed by atoms with E-state index in [1.807, 2.05) is 12.1 Å². The average molecular weight is 298 g/mol. The van der Waals surface area contributed by atoms with Crippen molar-refractivity contribution in [3.8, 4) is 5.75 Å². The first kappa shape index (κ1) is 12.0. The molecule has 1 aromatic heterocycles. The first-order valence-electron chi connectivity index (χ1n) is 4.80. The van der Waals surface area contributed by atoms with Gasteiger partial charge in [0.15, 0.2) is 5.69 Å². The van der Waals surface area contributed by atoms with Gasteiger partial charge in [-0.2, -0.15) is 0 Å². The maximum atomic E-state index is 11.1. The van der Waals surface area contributed by atoms with Crippen LogP contribution >= 0.6 is 15.9 Å². The van der Waals surface area contributed by atoms with Gasteiger partial charge in [-0.15, -0.1) is 0 Å². The monoisotopic (exact) mass is 297 g/mol. The lowest BCUT2D eigenvalue weighted by Crippen LogP contribution is -2.08. The van der Waals surface area contributed by atoms with Gasteiger partial charge in [-0.05, 0) is 28.1 Å². The van der Waals surface area contributed by atoms with Crippen LogP contribution in [0.25, 0.3) is 10.9 Å². The highest BCUT2D eigenvalue weighted by atomic mass is 79.9. The van der Waals surface area contributed by atoms with E-state index in [0.717, 1.165) is 4.47 Å². The summed E-state index contributed by atoms with van der Waals surface area (Å²) in [5.74, 6) is -0.791. The van der Waals surface area contributed by atoms with Crippen LogP contribution in [-0.2, 0) is 4.65 Å². The number of rotatable bonds is 4. The molecule has 88 valence electrons. The minimum absolute atomic E-state index is 0.00539. The van der Waals surface area contributed by atoms with Gasteiger partial charge in [0.2, 0.25) is 0 Å². The Kier molecular flexibility index (Phi) is 3.39. The highest BCUT2D eigenvalue weighted by Gasteiger charge is 2.20. The summed E-state index contributed by atoms with van der Waals surface area (Å²) in [7, 11) is 1.47. The van der Waals surface area contributed by atoms with Gasteiger partial charge in [-0.1, -0.05) is 6.07 Å². The molecular weight excluding hydrogens is 289 g/mol. The lowest BCUT2D eigenvalue weighted by Gasteiger charge is -2.04. The zero-order chi connectivity index (χ0) is 12.4. The standard InChI is InChI=1S/C10H9BBrNO4/c1-16-11-17-9-7-5(12)3-2-4-6(7)13-8(9)10(14)15/h2-4,11,13H,1H3,(H,14,15).